The topological polar surface area (TPSA) is 152 Å². The van der Waals surface area contributed by atoms with Crippen LogP contribution in [0.2, 0.25) is 0 Å². The van der Waals surface area contributed by atoms with Crippen LogP contribution in [0.4, 0.5) is 0 Å². The van der Waals surface area contributed by atoms with Crippen molar-refractivity contribution in [3.8, 4) is 0 Å². The molecule has 0 unspecified atom stereocenters. The standard InChI is InChI=1S/C21H24N4O2S.C13H15N3O2.C8H11NOS.2ClH/c1-24(2)11-16-10-23-21-19(16)8-15(9-22-21)5-6-20(26)25-12-17(13-25)27-14-18-4-3-7-28-18;1-16(2)8-10-7-15-13-11(10)5-9(6-14-13)3-4-12(17)18;1-2-8(11-3-1)6-10-7-4-9-5-7;;/h3-10,17H,11-14H2,1-2H3,(H,22,23);3-7H,8H2,1-2H3,(H,14,15)(H,17,18);1-3,7,9H,4-6H2;2*1H/b6-5+;4-3+;;;. The molecule has 6 aromatic rings. The molecule has 13 nitrogen and oxygen atoms in total. The number of nitrogens with one attached hydrogen (secondary N) is 3. The number of aliphatic carboxylic acids is 1. The number of hydrogen-bond donors (Lipinski definition) is 4. The van der Waals surface area contributed by atoms with Crippen LogP contribution in [0.5, 0.6) is 0 Å². The van der Waals surface area contributed by atoms with Crippen molar-refractivity contribution in [1.82, 2.24) is 40.0 Å². The molecule has 2 aliphatic rings. The van der Waals surface area contributed by atoms with Crippen molar-refractivity contribution in [3.63, 3.8) is 0 Å². The second-order valence-corrected chi connectivity index (χ2v) is 16.4. The number of fused-ring (bicyclic) bond motifs is 2. The van der Waals surface area contributed by atoms with E-state index in [1.54, 1.807) is 52.1 Å². The fraction of sp³-hybridized carbons (Fsp3) is 0.333. The third-order valence-corrected chi connectivity index (χ3v) is 10.8. The average molecular weight is 884 g/mol. The zero-order chi connectivity index (χ0) is 40.1. The highest BCUT2D eigenvalue weighted by Gasteiger charge is 2.30. The summed E-state index contributed by atoms with van der Waals surface area (Å²) in [6.45, 7) is 6.40. The molecule has 316 valence electrons. The van der Waals surface area contributed by atoms with Crippen LogP contribution < -0.4 is 5.32 Å². The van der Waals surface area contributed by atoms with Crippen molar-refractivity contribution in [2.75, 3.05) is 54.4 Å². The molecule has 0 radical (unpaired) electrons. The Bertz CT molecular complexity index is 2250. The van der Waals surface area contributed by atoms with Crippen molar-refractivity contribution >= 4 is 93.6 Å². The molecule has 0 bridgehead atoms. The minimum atomic E-state index is -0.960. The zero-order valence-electron chi connectivity index (χ0n) is 33.5. The Morgan fingerprint density at radius 1 is 0.797 bits per heavy atom. The van der Waals surface area contributed by atoms with Crippen molar-refractivity contribution in [2.24, 2.45) is 0 Å². The number of aromatic nitrogens is 4. The molecular formula is C42H52Cl2N8O5S2. The van der Waals surface area contributed by atoms with Gasteiger partial charge in [0.2, 0.25) is 5.91 Å². The van der Waals surface area contributed by atoms with Gasteiger partial charge >= 0.3 is 5.97 Å². The molecule has 0 atom stereocenters. The molecule has 6 aromatic heterocycles. The van der Waals surface area contributed by atoms with Crippen molar-refractivity contribution in [3.05, 3.63) is 116 Å². The summed E-state index contributed by atoms with van der Waals surface area (Å²) in [6.07, 6.45) is 14.1. The van der Waals surface area contributed by atoms with Gasteiger partial charge in [0, 0.05) is 96.7 Å². The lowest BCUT2D eigenvalue weighted by Gasteiger charge is -2.38. The highest BCUT2D eigenvalue weighted by Crippen LogP contribution is 2.22. The van der Waals surface area contributed by atoms with Crippen LogP contribution in [0.15, 0.2) is 84.1 Å². The maximum atomic E-state index is 12.4. The summed E-state index contributed by atoms with van der Waals surface area (Å²) in [4.78, 5) is 46.4. The average Bonchev–Trinajstić information content (AvgIpc) is 3.98. The molecule has 8 rings (SSSR count). The smallest absolute Gasteiger partial charge is 0.328 e. The van der Waals surface area contributed by atoms with Crippen LogP contribution in [0, 0.1) is 0 Å². The highest BCUT2D eigenvalue weighted by molar-refractivity contribution is 7.10. The number of carbonyl (C=O) groups is 2. The van der Waals surface area contributed by atoms with E-state index in [2.05, 4.69) is 64.7 Å². The van der Waals surface area contributed by atoms with E-state index in [1.165, 1.54) is 15.3 Å². The van der Waals surface area contributed by atoms with Crippen LogP contribution in [0.1, 0.15) is 32.0 Å². The fourth-order valence-corrected chi connectivity index (χ4v) is 7.26. The predicted molar refractivity (Wildman–Crippen MR) is 242 cm³/mol. The molecule has 0 aliphatic carbocycles. The van der Waals surface area contributed by atoms with Crippen molar-refractivity contribution in [2.45, 2.75) is 38.5 Å². The monoisotopic (exact) mass is 882 g/mol. The number of amides is 1. The molecule has 0 aromatic carbocycles. The quantitative estimate of drug-likeness (QED) is 0.0849. The van der Waals surface area contributed by atoms with Crippen molar-refractivity contribution < 1.29 is 24.2 Å². The molecule has 17 heteroatoms. The minimum Gasteiger partial charge on any atom is -0.478 e. The summed E-state index contributed by atoms with van der Waals surface area (Å²) >= 11 is 3.44. The van der Waals surface area contributed by atoms with Gasteiger partial charge in [0.25, 0.3) is 0 Å². The molecular weight excluding hydrogens is 832 g/mol. The number of carboxylic acid groups (broad SMARTS) is 1. The third kappa shape index (κ3) is 14.4. The Morgan fingerprint density at radius 2 is 1.29 bits per heavy atom. The van der Waals surface area contributed by atoms with Gasteiger partial charge in [0.1, 0.15) is 11.3 Å². The zero-order valence-corrected chi connectivity index (χ0v) is 36.8. The van der Waals surface area contributed by atoms with Crippen LogP contribution in [-0.4, -0.2) is 118 Å². The molecule has 2 saturated heterocycles. The number of ether oxygens (including phenoxy) is 2. The largest absolute Gasteiger partial charge is 0.478 e. The molecule has 4 N–H and O–H groups in total. The first-order chi connectivity index (χ1) is 27.6. The number of rotatable bonds is 14. The lowest BCUT2D eigenvalue weighted by molar-refractivity contribution is -0.140. The molecule has 2 fully saturated rings. The van der Waals surface area contributed by atoms with Gasteiger partial charge in [-0.3, -0.25) is 4.79 Å². The van der Waals surface area contributed by atoms with Gasteiger partial charge in [0.05, 0.1) is 25.4 Å². The number of hydrogen-bond acceptors (Lipinski definition) is 11. The number of likely N-dealkylation sites (tertiary alicyclic amines) is 1. The summed E-state index contributed by atoms with van der Waals surface area (Å²) in [5.41, 5.74) is 5.74. The lowest BCUT2D eigenvalue weighted by Crippen LogP contribution is -2.54. The van der Waals surface area contributed by atoms with E-state index in [1.807, 2.05) is 64.2 Å². The number of H-pyrrole nitrogens is 2. The predicted octanol–water partition coefficient (Wildman–Crippen LogP) is 6.93. The molecule has 2 aliphatic heterocycles. The first kappa shape index (κ1) is 47.3. The SMILES string of the molecule is CN(C)Cc1c[nH]c2ncc(/C=C/C(=O)N3CC(OCc4cccs4)C3)cc12.CN(C)Cc1c[nH]c2ncc(/C=C/C(=O)O)cc12.Cl.Cl.c1csc(COC2CNC2)c1. The van der Waals surface area contributed by atoms with Crippen LogP contribution >= 0.6 is 47.5 Å². The first-order valence-corrected chi connectivity index (χ1v) is 20.4. The maximum Gasteiger partial charge on any atom is 0.328 e. The van der Waals surface area contributed by atoms with Gasteiger partial charge in [-0.05, 0) is 97.6 Å². The van der Waals surface area contributed by atoms with E-state index in [0.717, 1.165) is 77.6 Å². The van der Waals surface area contributed by atoms with E-state index in [0.29, 0.717) is 25.8 Å². The van der Waals surface area contributed by atoms with Crippen LogP contribution in [-0.2, 0) is 45.4 Å². The van der Waals surface area contributed by atoms with Crippen molar-refractivity contribution in [1.29, 1.82) is 0 Å². The first-order valence-electron chi connectivity index (χ1n) is 18.7. The van der Waals surface area contributed by atoms with Gasteiger partial charge in [-0.2, -0.15) is 0 Å². The van der Waals surface area contributed by atoms with Gasteiger partial charge in [-0.25, -0.2) is 14.8 Å². The van der Waals surface area contributed by atoms with E-state index >= 15 is 0 Å². The number of pyridine rings is 2. The summed E-state index contributed by atoms with van der Waals surface area (Å²) in [5.74, 6) is -0.948. The Balaban J connectivity index is 0.000000212. The summed E-state index contributed by atoms with van der Waals surface area (Å²) in [5, 5.41) is 18.0. The number of carboxylic acids is 1. The highest BCUT2D eigenvalue weighted by atomic mass is 35.5. The number of aromatic amines is 2. The van der Waals surface area contributed by atoms with Gasteiger partial charge < -0.3 is 44.6 Å². The number of halogens is 2. The van der Waals surface area contributed by atoms with Gasteiger partial charge in [-0.15, -0.1) is 47.5 Å². The molecule has 59 heavy (non-hydrogen) atoms. The van der Waals surface area contributed by atoms with Crippen LogP contribution in [0.25, 0.3) is 34.2 Å². The third-order valence-electron chi connectivity index (χ3n) is 9.07. The Hall–Kier alpha value is -4.42. The summed E-state index contributed by atoms with van der Waals surface area (Å²) < 4.78 is 11.4. The van der Waals surface area contributed by atoms with E-state index in [9.17, 15) is 9.59 Å². The minimum absolute atomic E-state index is 0. The molecule has 0 spiro atoms. The number of nitrogens with zero attached hydrogens (tertiary/aromatic N) is 5. The van der Waals surface area contributed by atoms with E-state index in [-0.39, 0.29) is 36.8 Å². The lowest BCUT2D eigenvalue weighted by atomic mass is 10.1. The summed E-state index contributed by atoms with van der Waals surface area (Å²) in [7, 11) is 8.08. The number of thiophene rings is 2. The molecule has 1 amide bonds. The Morgan fingerprint density at radius 3 is 1.71 bits per heavy atom. The maximum absolute atomic E-state index is 12.4. The van der Waals surface area contributed by atoms with E-state index < -0.39 is 5.97 Å². The van der Waals surface area contributed by atoms with Gasteiger partial charge in [0.15, 0.2) is 0 Å². The normalized spacial score (nSPS) is 14.1. The molecule has 8 heterocycles. The fourth-order valence-electron chi connectivity index (χ4n) is 6.01. The molecule has 0 saturated carbocycles. The second-order valence-electron chi connectivity index (χ2n) is 14.4. The van der Waals surface area contributed by atoms with E-state index in [4.69, 9.17) is 14.6 Å². The number of carbonyl (C=O) groups excluding carboxylic acids is 1. The Kier molecular flexibility index (Phi) is 18.7. The second kappa shape index (κ2) is 23.4. The van der Waals surface area contributed by atoms with Crippen LogP contribution in [0.3, 0.4) is 0 Å². The van der Waals surface area contributed by atoms with Gasteiger partial charge in [-0.1, -0.05) is 12.1 Å². The summed E-state index contributed by atoms with van der Waals surface area (Å²) in [6, 6.07) is 12.3. The Labute approximate surface area is 365 Å².